The molecule has 2 heteroatoms. The first-order valence-corrected chi connectivity index (χ1v) is 10.3. The van der Waals surface area contributed by atoms with Crippen molar-refractivity contribution < 1.29 is 10.2 Å². The summed E-state index contributed by atoms with van der Waals surface area (Å²) in [6.45, 7) is 21.5. The number of phenols is 2. The molecule has 0 saturated heterocycles. The molecule has 2 aromatic rings. The first kappa shape index (κ1) is 22.3. The van der Waals surface area contributed by atoms with Crippen LogP contribution in [0.1, 0.15) is 95.2 Å². The molecule has 0 bridgehead atoms. The Hall–Kier alpha value is -1.96. The molecule has 2 nitrogen and oxygen atoms in total. The second-order valence-electron chi connectivity index (χ2n) is 10.6. The minimum absolute atomic E-state index is 0.137. The highest BCUT2D eigenvalue weighted by molar-refractivity contribution is 5.55. The van der Waals surface area contributed by atoms with E-state index in [9.17, 15) is 10.2 Å². The smallest absolute Gasteiger partial charge is 0.119 e. The van der Waals surface area contributed by atoms with Crippen LogP contribution >= 0.6 is 0 Å². The lowest BCUT2D eigenvalue weighted by atomic mass is 9.68. The zero-order valence-electron chi connectivity index (χ0n) is 19.4. The Bertz CT molecular complexity index is 807. The van der Waals surface area contributed by atoms with E-state index in [2.05, 4.69) is 81.4 Å². The molecule has 2 rings (SSSR count). The fourth-order valence-electron chi connectivity index (χ4n) is 4.30. The van der Waals surface area contributed by atoms with Gasteiger partial charge in [0.2, 0.25) is 0 Å². The van der Waals surface area contributed by atoms with Gasteiger partial charge >= 0.3 is 0 Å². The molecule has 2 aromatic carbocycles. The molecule has 0 amide bonds. The highest BCUT2D eigenvalue weighted by atomic mass is 16.3. The van der Waals surface area contributed by atoms with E-state index in [-0.39, 0.29) is 16.2 Å². The van der Waals surface area contributed by atoms with Crippen molar-refractivity contribution in [2.45, 2.75) is 91.9 Å². The molecule has 0 aromatic heterocycles. The van der Waals surface area contributed by atoms with E-state index in [1.807, 2.05) is 12.1 Å². The van der Waals surface area contributed by atoms with Crippen LogP contribution in [0.5, 0.6) is 11.5 Å². The van der Waals surface area contributed by atoms with Gasteiger partial charge in [0.25, 0.3) is 0 Å². The van der Waals surface area contributed by atoms with Gasteiger partial charge in [-0.1, -0.05) is 67.5 Å². The van der Waals surface area contributed by atoms with Gasteiger partial charge in [-0.2, -0.15) is 0 Å². The summed E-state index contributed by atoms with van der Waals surface area (Å²) >= 11 is 0. The van der Waals surface area contributed by atoms with Gasteiger partial charge in [-0.25, -0.2) is 0 Å². The van der Waals surface area contributed by atoms with Gasteiger partial charge in [-0.3, -0.25) is 0 Å². The number of hydrogen-bond acceptors (Lipinski definition) is 2. The molecule has 0 atom stereocenters. The van der Waals surface area contributed by atoms with Gasteiger partial charge in [0.05, 0.1) is 0 Å². The number of hydrogen-bond donors (Lipinski definition) is 2. The maximum Gasteiger partial charge on any atom is 0.119 e. The molecule has 0 saturated carbocycles. The summed E-state index contributed by atoms with van der Waals surface area (Å²) in [6.07, 6.45) is 0.928. The number of aromatic hydroxyl groups is 2. The Labute approximate surface area is 171 Å². The van der Waals surface area contributed by atoms with Gasteiger partial charge in [0, 0.05) is 5.41 Å². The SMILES string of the molecule is CCC(C)(c1cc(C(C)(C)C)c(O)cc1C)c1cc(C(C)(C)C)c(O)cc1C. The standard InChI is InChI=1S/C26H38O2/c1-11-26(10,18-14-20(24(4,5)6)22(27)12-16(18)2)19-15-21(25(7,8)9)23(28)13-17(19)3/h12-15,27-28H,11H2,1-10H3. The fourth-order valence-corrected chi connectivity index (χ4v) is 4.30. The molecular formula is C26H38O2. The second-order valence-corrected chi connectivity index (χ2v) is 10.6. The van der Waals surface area contributed by atoms with Gasteiger partial charge < -0.3 is 10.2 Å². The van der Waals surface area contributed by atoms with Crippen molar-refractivity contribution in [1.82, 2.24) is 0 Å². The molecule has 0 aliphatic carbocycles. The number of phenolic OH excluding ortho intramolecular Hbond substituents is 2. The van der Waals surface area contributed by atoms with Crippen LogP contribution in [0.3, 0.4) is 0 Å². The Morgan fingerprint density at radius 1 is 0.607 bits per heavy atom. The van der Waals surface area contributed by atoms with Crippen LogP contribution in [0.4, 0.5) is 0 Å². The molecule has 0 fully saturated rings. The summed E-state index contributed by atoms with van der Waals surface area (Å²) in [5.41, 5.74) is 6.14. The van der Waals surface area contributed by atoms with Crippen molar-refractivity contribution in [3.8, 4) is 11.5 Å². The van der Waals surface area contributed by atoms with E-state index in [0.717, 1.165) is 28.7 Å². The molecule has 0 spiro atoms. The normalized spacial score (nSPS) is 13.1. The largest absolute Gasteiger partial charge is 0.508 e. The average Bonchev–Trinajstić information content (AvgIpc) is 2.51. The number of aryl methyl sites for hydroxylation is 2. The van der Waals surface area contributed by atoms with Crippen molar-refractivity contribution in [1.29, 1.82) is 0 Å². The van der Waals surface area contributed by atoms with Gasteiger partial charge in [0.15, 0.2) is 0 Å². The van der Waals surface area contributed by atoms with Crippen LogP contribution < -0.4 is 0 Å². The number of rotatable bonds is 3. The first-order chi connectivity index (χ1) is 12.6. The molecular weight excluding hydrogens is 344 g/mol. The molecule has 0 unspecified atom stereocenters. The fraction of sp³-hybridized carbons (Fsp3) is 0.538. The summed E-state index contributed by atoms with van der Waals surface area (Å²) in [4.78, 5) is 0. The summed E-state index contributed by atoms with van der Waals surface area (Å²) < 4.78 is 0. The van der Waals surface area contributed by atoms with Crippen LogP contribution in [0.15, 0.2) is 24.3 Å². The van der Waals surface area contributed by atoms with Crippen molar-refractivity contribution >= 4 is 0 Å². The van der Waals surface area contributed by atoms with Crippen LogP contribution in [0.25, 0.3) is 0 Å². The summed E-state index contributed by atoms with van der Waals surface area (Å²) in [7, 11) is 0. The van der Waals surface area contributed by atoms with Crippen molar-refractivity contribution in [2.24, 2.45) is 0 Å². The lowest BCUT2D eigenvalue weighted by Crippen LogP contribution is -2.27. The lowest BCUT2D eigenvalue weighted by molar-refractivity contribution is 0.441. The van der Waals surface area contributed by atoms with E-state index in [1.54, 1.807) is 0 Å². The minimum Gasteiger partial charge on any atom is -0.508 e. The van der Waals surface area contributed by atoms with E-state index in [4.69, 9.17) is 0 Å². The predicted molar refractivity (Wildman–Crippen MR) is 120 cm³/mol. The molecule has 0 aliphatic rings. The third-order valence-electron chi connectivity index (χ3n) is 6.20. The molecule has 154 valence electrons. The highest BCUT2D eigenvalue weighted by Crippen LogP contribution is 2.45. The quantitative estimate of drug-likeness (QED) is 0.598. The lowest BCUT2D eigenvalue weighted by Gasteiger charge is -2.36. The van der Waals surface area contributed by atoms with E-state index in [0.29, 0.717) is 11.5 Å². The van der Waals surface area contributed by atoms with Crippen LogP contribution in [0.2, 0.25) is 0 Å². The summed E-state index contributed by atoms with van der Waals surface area (Å²) in [5.74, 6) is 0.732. The highest BCUT2D eigenvalue weighted by Gasteiger charge is 2.34. The van der Waals surface area contributed by atoms with E-state index >= 15 is 0 Å². The predicted octanol–water partition coefficient (Wildman–Crippen LogP) is 7.03. The maximum atomic E-state index is 10.6. The Morgan fingerprint density at radius 2 is 0.929 bits per heavy atom. The zero-order valence-corrected chi connectivity index (χ0v) is 19.4. The summed E-state index contributed by atoms with van der Waals surface area (Å²) in [6, 6.07) is 8.20. The molecule has 0 aliphatic heterocycles. The summed E-state index contributed by atoms with van der Waals surface area (Å²) in [5, 5.41) is 21.1. The zero-order chi connectivity index (χ0) is 21.7. The third-order valence-corrected chi connectivity index (χ3v) is 6.20. The van der Waals surface area contributed by atoms with Crippen molar-refractivity contribution in [2.75, 3.05) is 0 Å². The molecule has 0 radical (unpaired) electrons. The Balaban J connectivity index is 2.84. The molecule has 2 N–H and O–H groups in total. The topological polar surface area (TPSA) is 40.5 Å². The van der Waals surface area contributed by atoms with Gasteiger partial charge in [-0.05, 0) is 76.6 Å². The Kier molecular flexibility index (Phi) is 5.69. The van der Waals surface area contributed by atoms with Crippen LogP contribution in [0, 0.1) is 13.8 Å². The second kappa shape index (κ2) is 7.13. The van der Waals surface area contributed by atoms with Crippen LogP contribution in [-0.4, -0.2) is 10.2 Å². The average molecular weight is 383 g/mol. The maximum absolute atomic E-state index is 10.6. The minimum atomic E-state index is -0.213. The Morgan fingerprint density at radius 3 is 1.18 bits per heavy atom. The first-order valence-electron chi connectivity index (χ1n) is 10.3. The monoisotopic (exact) mass is 382 g/mol. The van der Waals surface area contributed by atoms with E-state index in [1.165, 1.54) is 11.1 Å². The number of benzene rings is 2. The molecule has 0 heterocycles. The van der Waals surface area contributed by atoms with Crippen LogP contribution in [-0.2, 0) is 16.2 Å². The third kappa shape index (κ3) is 3.92. The van der Waals surface area contributed by atoms with Gasteiger partial charge in [-0.15, -0.1) is 0 Å². The van der Waals surface area contributed by atoms with Crippen molar-refractivity contribution in [3.63, 3.8) is 0 Å². The van der Waals surface area contributed by atoms with Gasteiger partial charge in [0.1, 0.15) is 11.5 Å². The molecule has 28 heavy (non-hydrogen) atoms. The van der Waals surface area contributed by atoms with Crippen molar-refractivity contribution in [3.05, 3.63) is 57.6 Å². The van der Waals surface area contributed by atoms with E-state index < -0.39 is 0 Å².